The Morgan fingerprint density at radius 2 is 1.93 bits per heavy atom. The Bertz CT molecular complexity index is 1070. The highest BCUT2D eigenvalue weighted by molar-refractivity contribution is 9.10. The van der Waals surface area contributed by atoms with Crippen molar-refractivity contribution in [1.82, 2.24) is 5.32 Å². The Hall–Kier alpha value is -2.34. The molecule has 1 aliphatic heterocycles. The molecule has 3 aromatic carbocycles. The summed E-state index contributed by atoms with van der Waals surface area (Å²) in [5.41, 5.74) is 3.77. The first-order chi connectivity index (χ1) is 14.0. The summed E-state index contributed by atoms with van der Waals surface area (Å²) < 4.78 is 6.21. The molecule has 2 atom stereocenters. The third-order valence-electron chi connectivity index (χ3n) is 5.00. The fraction of sp³-hybridized carbons (Fsp3) is 0.174. The highest BCUT2D eigenvalue weighted by atomic mass is 79.9. The highest BCUT2D eigenvalue weighted by Gasteiger charge is 2.28. The minimum atomic E-state index is -0.274. The van der Waals surface area contributed by atoms with Crippen LogP contribution in [0.2, 0.25) is 5.02 Å². The maximum Gasteiger partial charge on any atom is 0.133 e. The monoisotopic (exact) mass is 470 g/mol. The summed E-state index contributed by atoms with van der Waals surface area (Å²) in [4.78, 5) is 4.97. The van der Waals surface area contributed by atoms with Crippen molar-refractivity contribution in [3.63, 3.8) is 0 Å². The molecule has 3 aromatic rings. The zero-order valence-corrected chi connectivity index (χ0v) is 18.1. The van der Waals surface area contributed by atoms with E-state index in [-0.39, 0.29) is 18.0 Å². The van der Waals surface area contributed by atoms with Gasteiger partial charge in [-0.2, -0.15) is 0 Å². The van der Waals surface area contributed by atoms with Crippen LogP contribution in [-0.2, 0) is 0 Å². The number of hydrogen-bond acceptors (Lipinski definition) is 4. The normalized spacial score (nSPS) is 18.9. The lowest BCUT2D eigenvalue weighted by Gasteiger charge is -2.31. The average Bonchev–Trinajstić information content (AvgIpc) is 2.73. The number of nitrogens with one attached hydrogen (secondary N) is 1. The van der Waals surface area contributed by atoms with Gasteiger partial charge in [0, 0.05) is 28.8 Å². The van der Waals surface area contributed by atoms with E-state index in [1.165, 1.54) is 0 Å². The van der Waals surface area contributed by atoms with Gasteiger partial charge in [-0.1, -0.05) is 48.0 Å². The molecule has 0 radical (unpaired) electrons. The largest absolute Gasteiger partial charge is 0.508 e. The minimum Gasteiger partial charge on any atom is -0.508 e. The Morgan fingerprint density at radius 3 is 2.66 bits per heavy atom. The molecule has 6 heteroatoms. The van der Waals surface area contributed by atoms with Crippen LogP contribution in [-0.4, -0.2) is 17.9 Å². The molecular weight excluding hydrogens is 452 g/mol. The van der Waals surface area contributed by atoms with Gasteiger partial charge in [0.25, 0.3) is 0 Å². The summed E-state index contributed by atoms with van der Waals surface area (Å²) in [6.07, 6.45) is 0.371. The Labute approximate surface area is 183 Å². The van der Waals surface area contributed by atoms with Crippen LogP contribution in [0.5, 0.6) is 11.5 Å². The number of aliphatic imine (C=N–C) groups is 1. The summed E-state index contributed by atoms with van der Waals surface area (Å²) >= 11 is 9.78. The van der Waals surface area contributed by atoms with Crippen LogP contribution in [0.4, 0.5) is 0 Å². The number of para-hydroxylation sites is 1. The Kier molecular flexibility index (Phi) is 5.90. The van der Waals surface area contributed by atoms with E-state index in [4.69, 9.17) is 21.3 Å². The second kappa shape index (κ2) is 8.57. The number of phenols is 1. The van der Waals surface area contributed by atoms with Crippen molar-refractivity contribution in [3.8, 4) is 11.5 Å². The van der Waals surface area contributed by atoms with Gasteiger partial charge in [-0.15, -0.1) is 0 Å². The molecule has 0 fully saturated rings. The molecular formula is C23H20BrClN2O2. The molecule has 0 aliphatic carbocycles. The molecule has 0 spiro atoms. The summed E-state index contributed by atoms with van der Waals surface area (Å²) in [6.45, 7) is 0. The van der Waals surface area contributed by atoms with E-state index in [1.807, 2.05) is 60.7 Å². The number of hydrogen-bond donors (Lipinski definition) is 2. The van der Waals surface area contributed by atoms with Gasteiger partial charge in [-0.05, 0) is 57.4 Å². The van der Waals surface area contributed by atoms with Gasteiger partial charge in [-0.25, -0.2) is 0 Å². The molecule has 0 saturated carbocycles. The molecule has 0 saturated heterocycles. The van der Waals surface area contributed by atoms with E-state index in [1.54, 1.807) is 13.2 Å². The van der Waals surface area contributed by atoms with E-state index in [9.17, 15) is 5.11 Å². The third kappa shape index (κ3) is 4.32. The average molecular weight is 472 g/mol. The second-order valence-electron chi connectivity index (χ2n) is 6.86. The quantitative estimate of drug-likeness (QED) is 0.488. The van der Waals surface area contributed by atoms with Crippen molar-refractivity contribution >= 4 is 33.2 Å². The molecule has 0 aromatic heterocycles. The number of rotatable bonds is 4. The number of phenolic OH excluding ortho intramolecular Hbond substituents is 1. The first-order valence-corrected chi connectivity index (χ1v) is 10.4. The lowest BCUT2D eigenvalue weighted by molar-refractivity contribution is 0.406. The van der Waals surface area contributed by atoms with Gasteiger partial charge in [-0.3, -0.25) is 10.3 Å². The number of benzene rings is 3. The Balaban J connectivity index is 1.77. The smallest absolute Gasteiger partial charge is 0.133 e. The van der Waals surface area contributed by atoms with Crippen molar-refractivity contribution < 1.29 is 9.84 Å². The van der Waals surface area contributed by atoms with E-state index in [0.29, 0.717) is 11.4 Å². The van der Waals surface area contributed by atoms with Crippen LogP contribution in [0, 0.1) is 0 Å². The molecule has 0 unspecified atom stereocenters. The topological polar surface area (TPSA) is 53.9 Å². The van der Waals surface area contributed by atoms with Crippen molar-refractivity contribution in [2.75, 3.05) is 7.11 Å². The van der Waals surface area contributed by atoms with Crippen molar-refractivity contribution in [2.45, 2.75) is 18.6 Å². The van der Waals surface area contributed by atoms with E-state index >= 15 is 0 Å². The highest BCUT2D eigenvalue weighted by Crippen LogP contribution is 2.36. The van der Waals surface area contributed by atoms with Crippen LogP contribution >= 0.6 is 27.5 Å². The fourth-order valence-corrected chi connectivity index (χ4v) is 4.30. The zero-order valence-electron chi connectivity index (χ0n) is 15.8. The van der Waals surface area contributed by atoms with Crippen LogP contribution in [0.3, 0.4) is 0 Å². The predicted molar refractivity (Wildman–Crippen MR) is 120 cm³/mol. The van der Waals surface area contributed by atoms with E-state index in [0.717, 1.165) is 32.6 Å². The molecule has 2 N–H and O–H groups in total. The first kappa shape index (κ1) is 20.0. The molecule has 148 valence electrons. The molecule has 1 heterocycles. The molecule has 4 rings (SSSR count). The maximum absolute atomic E-state index is 10.4. The molecule has 4 nitrogen and oxygen atoms in total. The van der Waals surface area contributed by atoms with Gasteiger partial charge in [0.05, 0.1) is 11.6 Å². The lowest BCUT2D eigenvalue weighted by Crippen LogP contribution is -2.33. The fourth-order valence-electron chi connectivity index (χ4n) is 3.55. The van der Waals surface area contributed by atoms with E-state index in [2.05, 4.69) is 21.2 Å². The SMILES string of the molecule is COc1ccc([C@H]2N=C(c3cccc(Cl)c3)C[C@H](c3ccccc3O)N2)cc1Br. The molecule has 0 bridgehead atoms. The summed E-state index contributed by atoms with van der Waals surface area (Å²) in [7, 11) is 1.64. The molecule has 0 amide bonds. The summed E-state index contributed by atoms with van der Waals surface area (Å²) in [5, 5.41) is 14.6. The Morgan fingerprint density at radius 1 is 1.10 bits per heavy atom. The first-order valence-electron chi connectivity index (χ1n) is 9.25. The van der Waals surface area contributed by atoms with Crippen LogP contribution in [0.25, 0.3) is 0 Å². The summed E-state index contributed by atoms with van der Waals surface area (Å²) in [5.74, 6) is 1.04. The zero-order chi connectivity index (χ0) is 20.4. The third-order valence-corrected chi connectivity index (χ3v) is 5.86. The van der Waals surface area contributed by atoms with E-state index < -0.39 is 0 Å². The van der Waals surface area contributed by atoms with Crippen molar-refractivity contribution in [1.29, 1.82) is 0 Å². The van der Waals surface area contributed by atoms with Crippen molar-refractivity contribution in [2.24, 2.45) is 4.99 Å². The summed E-state index contributed by atoms with van der Waals surface area (Å²) in [6, 6.07) is 20.9. The lowest BCUT2D eigenvalue weighted by atomic mass is 9.93. The van der Waals surface area contributed by atoms with Crippen molar-refractivity contribution in [3.05, 3.63) is 92.9 Å². The number of aromatic hydroxyl groups is 1. The minimum absolute atomic E-state index is 0.0893. The molecule has 1 aliphatic rings. The number of methoxy groups -OCH3 is 1. The van der Waals surface area contributed by atoms with Gasteiger partial charge in [0.1, 0.15) is 17.7 Å². The molecule has 29 heavy (non-hydrogen) atoms. The van der Waals surface area contributed by atoms with Crippen LogP contribution in [0.15, 0.2) is 76.2 Å². The number of ether oxygens (including phenoxy) is 1. The standard InChI is InChI=1S/C23H20BrClN2O2/c1-29-22-10-9-15(12-18(22)24)23-26-19(14-5-4-6-16(25)11-14)13-20(27-23)17-7-2-3-8-21(17)28/h2-12,20,23,27-28H,13H2,1H3/t20-,23+/m1/s1. The van der Waals surface area contributed by atoms with Crippen LogP contribution < -0.4 is 10.1 Å². The maximum atomic E-state index is 10.4. The number of nitrogens with zero attached hydrogens (tertiary/aromatic N) is 1. The van der Waals surface area contributed by atoms with Gasteiger partial charge in [0.15, 0.2) is 0 Å². The number of halogens is 2. The van der Waals surface area contributed by atoms with Gasteiger partial charge >= 0.3 is 0 Å². The van der Waals surface area contributed by atoms with Crippen LogP contribution in [0.1, 0.15) is 35.3 Å². The second-order valence-corrected chi connectivity index (χ2v) is 8.16. The van der Waals surface area contributed by atoms with Gasteiger partial charge < -0.3 is 9.84 Å². The predicted octanol–water partition coefficient (Wildman–Crippen LogP) is 6.04. The van der Waals surface area contributed by atoms with Gasteiger partial charge in [0.2, 0.25) is 0 Å².